The van der Waals surface area contributed by atoms with E-state index in [1.807, 2.05) is 60.7 Å². The smallest absolute Gasteiger partial charge is 0.410 e. The molecule has 2 aliphatic rings. The number of nitrogens with two attached hydrogens (primary N) is 1. The number of likely N-dealkylation sites (tertiary alicyclic amines) is 1. The molecule has 0 aliphatic carbocycles. The lowest BCUT2D eigenvalue weighted by Crippen LogP contribution is -2.37. The van der Waals surface area contributed by atoms with Gasteiger partial charge in [0, 0.05) is 25.2 Å². The highest BCUT2D eigenvalue weighted by Crippen LogP contribution is 2.23. The largest absolute Gasteiger partial charge is 0.492 e. The summed E-state index contributed by atoms with van der Waals surface area (Å²) in [5.74, 6) is 1.73. The Morgan fingerprint density at radius 1 is 1.00 bits per heavy atom. The van der Waals surface area contributed by atoms with Crippen molar-refractivity contribution in [2.75, 3.05) is 43.8 Å². The number of amides is 1. The molecule has 12 nitrogen and oxygen atoms in total. The lowest BCUT2D eigenvalue weighted by molar-refractivity contribution is 0.0915. The first-order valence-corrected chi connectivity index (χ1v) is 13.9. The maximum Gasteiger partial charge on any atom is 0.410 e. The summed E-state index contributed by atoms with van der Waals surface area (Å²) < 4.78 is 12.8. The summed E-state index contributed by atoms with van der Waals surface area (Å²) in [5, 5.41) is 16.3. The van der Waals surface area contributed by atoms with E-state index in [0.29, 0.717) is 37.9 Å². The fraction of sp³-hybridized carbons (Fsp3) is 0.345. The normalized spacial score (nSPS) is 15.0. The number of carbonyl (C=O) groups is 1. The minimum absolute atomic E-state index is 0.165. The Labute approximate surface area is 238 Å². The van der Waals surface area contributed by atoms with E-state index in [2.05, 4.69) is 30.5 Å². The number of fused-ring (bicyclic) bond motifs is 1. The van der Waals surface area contributed by atoms with Crippen molar-refractivity contribution in [1.29, 1.82) is 0 Å². The molecule has 3 N–H and O–H groups in total. The number of rotatable bonds is 9. The average molecular weight is 556 g/mol. The van der Waals surface area contributed by atoms with Crippen LogP contribution in [0, 0.1) is 0 Å². The molecule has 0 spiro atoms. The van der Waals surface area contributed by atoms with E-state index in [1.54, 1.807) is 4.90 Å². The molecule has 2 aromatic carbocycles. The van der Waals surface area contributed by atoms with Gasteiger partial charge in [0.2, 0.25) is 11.9 Å². The summed E-state index contributed by atoms with van der Waals surface area (Å²) >= 11 is 0. The third-order valence-electron chi connectivity index (χ3n) is 7.22. The summed E-state index contributed by atoms with van der Waals surface area (Å²) in [6, 6.07) is 19.1. The first-order chi connectivity index (χ1) is 20.1. The second kappa shape index (κ2) is 12.2. The van der Waals surface area contributed by atoms with Crippen molar-refractivity contribution in [1.82, 2.24) is 34.8 Å². The van der Waals surface area contributed by atoms with E-state index in [9.17, 15) is 4.79 Å². The number of anilines is 3. The van der Waals surface area contributed by atoms with E-state index < -0.39 is 0 Å². The lowest BCUT2D eigenvalue weighted by atomic mass is 10.1. The molecular formula is C29H33N9O3. The van der Waals surface area contributed by atoms with Crippen LogP contribution in [0.15, 0.2) is 60.7 Å². The van der Waals surface area contributed by atoms with Gasteiger partial charge in [0.05, 0.1) is 12.2 Å². The average Bonchev–Trinajstić information content (AvgIpc) is 3.66. The van der Waals surface area contributed by atoms with E-state index in [-0.39, 0.29) is 18.6 Å². The van der Waals surface area contributed by atoms with Gasteiger partial charge < -0.3 is 25.4 Å². The Morgan fingerprint density at radius 3 is 2.61 bits per heavy atom. The zero-order valence-electron chi connectivity index (χ0n) is 22.8. The maximum absolute atomic E-state index is 12.7. The first-order valence-electron chi connectivity index (χ1n) is 13.9. The number of nitrogens with one attached hydrogen (secondary N) is 1. The summed E-state index contributed by atoms with van der Waals surface area (Å²) in [5.41, 5.74) is 9.62. The van der Waals surface area contributed by atoms with Crippen LogP contribution in [-0.4, -0.2) is 73.6 Å². The van der Waals surface area contributed by atoms with Gasteiger partial charge >= 0.3 is 6.09 Å². The molecule has 2 aromatic heterocycles. The Balaban J connectivity index is 1.06. The van der Waals surface area contributed by atoms with Gasteiger partial charge in [-0.15, -0.1) is 10.2 Å². The zero-order chi connectivity index (χ0) is 28.0. The highest BCUT2D eigenvalue weighted by molar-refractivity contribution is 5.68. The van der Waals surface area contributed by atoms with Crippen LogP contribution in [0.1, 0.15) is 29.7 Å². The second-order valence-electron chi connectivity index (χ2n) is 10.1. The summed E-state index contributed by atoms with van der Waals surface area (Å²) in [4.78, 5) is 21.1. The number of hydrogen-bond acceptors (Lipinski definition) is 10. The standard InChI is InChI=1S/C29H33N9O3/c30-27-32-28(31-23-8-10-24(11-9-23)40-17-16-36-13-4-5-14-36)35-38(27)26-18-22-19-37(15-12-25(22)33-34-26)29(39)41-20-21-6-2-1-3-7-21/h1-3,6-11,18H,4-5,12-17,19-20H2,(H3,30,31,32,35). The highest BCUT2D eigenvalue weighted by atomic mass is 16.6. The topological polar surface area (TPSA) is 137 Å². The fourth-order valence-corrected chi connectivity index (χ4v) is 4.99. The number of ether oxygens (including phenoxy) is 2. The molecule has 2 aliphatic heterocycles. The lowest BCUT2D eigenvalue weighted by Gasteiger charge is -2.27. The Kier molecular flexibility index (Phi) is 7.90. The van der Waals surface area contributed by atoms with Gasteiger partial charge in [-0.25, -0.2) is 4.79 Å². The maximum atomic E-state index is 12.7. The van der Waals surface area contributed by atoms with Crippen LogP contribution >= 0.6 is 0 Å². The number of hydrogen-bond donors (Lipinski definition) is 2. The number of benzene rings is 2. The van der Waals surface area contributed by atoms with Crippen molar-refractivity contribution < 1.29 is 14.3 Å². The molecule has 0 radical (unpaired) electrons. The molecule has 212 valence electrons. The molecule has 1 fully saturated rings. The molecule has 41 heavy (non-hydrogen) atoms. The van der Waals surface area contributed by atoms with Crippen LogP contribution in [0.5, 0.6) is 5.75 Å². The molecule has 0 atom stereocenters. The number of carbonyl (C=O) groups excluding carboxylic acids is 1. The fourth-order valence-electron chi connectivity index (χ4n) is 4.99. The molecule has 0 unspecified atom stereocenters. The van der Waals surface area contributed by atoms with Crippen LogP contribution in [0.2, 0.25) is 0 Å². The third kappa shape index (κ3) is 6.55. The summed E-state index contributed by atoms with van der Waals surface area (Å²) in [6.07, 6.45) is 2.77. The third-order valence-corrected chi connectivity index (χ3v) is 7.22. The summed E-state index contributed by atoms with van der Waals surface area (Å²) in [6.45, 7) is 5.03. The Bertz CT molecular complexity index is 1470. The van der Waals surface area contributed by atoms with Gasteiger partial charge in [-0.05, 0) is 67.4 Å². The molecule has 6 rings (SSSR count). The number of nitrogen functional groups attached to an aromatic ring is 1. The number of nitrogens with zero attached hydrogens (tertiary/aromatic N) is 7. The van der Waals surface area contributed by atoms with Gasteiger partial charge in [-0.2, -0.15) is 14.8 Å². The van der Waals surface area contributed by atoms with Gasteiger partial charge in [0.15, 0.2) is 5.82 Å². The predicted octanol–water partition coefficient (Wildman–Crippen LogP) is 3.55. The van der Waals surface area contributed by atoms with Crippen LogP contribution < -0.4 is 15.8 Å². The van der Waals surface area contributed by atoms with Crippen molar-refractivity contribution >= 4 is 23.7 Å². The predicted molar refractivity (Wildman–Crippen MR) is 153 cm³/mol. The van der Waals surface area contributed by atoms with Crippen molar-refractivity contribution in [2.45, 2.75) is 32.4 Å². The SMILES string of the molecule is Nc1nc(Nc2ccc(OCCN3CCCC3)cc2)nn1-c1cc2c(nn1)CCN(C(=O)OCc1ccccc1)C2. The molecule has 0 bridgehead atoms. The van der Waals surface area contributed by atoms with Crippen LogP contribution in [0.3, 0.4) is 0 Å². The minimum Gasteiger partial charge on any atom is -0.492 e. The Morgan fingerprint density at radius 2 is 1.80 bits per heavy atom. The molecule has 1 saturated heterocycles. The van der Waals surface area contributed by atoms with Crippen molar-refractivity contribution in [3.05, 3.63) is 77.5 Å². The minimum atomic E-state index is -0.368. The molecule has 0 saturated carbocycles. The highest BCUT2D eigenvalue weighted by Gasteiger charge is 2.24. The summed E-state index contributed by atoms with van der Waals surface area (Å²) in [7, 11) is 0. The first kappa shape index (κ1) is 26.5. The van der Waals surface area contributed by atoms with Gasteiger partial charge in [0.1, 0.15) is 19.0 Å². The van der Waals surface area contributed by atoms with Gasteiger partial charge in [-0.1, -0.05) is 30.3 Å². The zero-order valence-corrected chi connectivity index (χ0v) is 22.8. The molecule has 4 aromatic rings. The van der Waals surface area contributed by atoms with E-state index in [1.165, 1.54) is 17.5 Å². The van der Waals surface area contributed by atoms with Crippen LogP contribution in [0.25, 0.3) is 5.82 Å². The molecular weight excluding hydrogens is 522 g/mol. The second-order valence-corrected chi connectivity index (χ2v) is 10.1. The molecule has 12 heteroatoms. The van der Waals surface area contributed by atoms with E-state index in [0.717, 1.165) is 47.9 Å². The van der Waals surface area contributed by atoms with Gasteiger partial charge in [-0.3, -0.25) is 4.90 Å². The molecule has 1 amide bonds. The Hall–Kier alpha value is -4.71. The molecule has 4 heterocycles. The number of aromatic nitrogens is 5. The van der Waals surface area contributed by atoms with Crippen molar-refractivity contribution in [2.24, 2.45) is 0 Å². The van der Waals surface area contributed by atoms with Gasteiger partial charge in [0.25, 0.3) is 0 Å². The van der Waals surface area contributed by atoms with E-state index >= 15 is 0 Å². The monoisotopic (exact) mass is 555 g/mol. The van der Waals surface area contributed by atoms with Crippen LogP contribution in [0.4, 0.5) is 22.4 Å². The quantitative estimate of drug-likeness (QED) is 0.315. The van der Waals surface area contributed by atoms with Crippen LogP contribution in [-0.2, 0) is 24.3 Å². The van der Waals surface area contributed by atoms with Crippen molar-refractivity contribution in [3.8, 4) is 11.6 Å². The van der Waals surface area contributed by atoms with E-state index in [4.69, 9.17) is 15.2 Å². The van der Waals surface area contributed by atoms with Crippen molar-refractivity contribution in [3.63, 3.8) is 0 Å².